The number of anilines is 1. The molecule has 1 heterocycles. The van der Waals surface area contributed by atoms with Gasteiger partial charge < -0.3 is 9.64 Å². The second-order valence-electron chi connectivity index (χ2n) is 5.42. The van der Waals surface area contributed by atoms with E-state index in [0.717, 1.165) is 24.1 Å². The predicted molar refractivity (Wildman–Crippen MR) is 83.8 cm³/mol. The number of aryl methyl sites for hydroxylation is 1. The number of methoxy groups -OCH3 is 1. The number of hydrogen-bond donors (Lipinski definition) is 0. The summed E-state index contributed by atoms with van der Waals surface area (Å²) in [5.41, 5.74) is 2.67. The van der Waals surface area contributed by atoms with E-state index in [1.165, 1.54) is 12.1 Å². The van der Waals surface area contributed by atoms with Crippen LogP contribution in [0.2, 0.25) is 0 Å². The van der Waals surface area contributed by atoms with Crippen LogP contribution in [0.25, 0.3) is 0 Å². The lowest BCUT2D eigenvalue weighted by Gasteiger charge is -2.31. The summed E-state index contributed by atoms with van der Waals surface area (Å²) in [5.74, 6) is 0.364. The van der Waals surface area contributed by atoms with Crippen molar-refractivity contribution < 1.29 is 13.9 Å². The van der Waals surface area contributed by atoms with Gasteiger partial charge in [0.2, 0.25) is 5.91 Å². The van der Waals surface area contributed by atoms with E-state index < -0.39 is 0 Å². The van der Waals surface area contributed by atoms with Crippen molar-refractivity contribution in [1.82, 2.24) is 0 Å². The maximum Gasteiger partial charge on any atom is 0.231 e. The van der Waals surface area contributed by atoms with Crippen LogP contribution in [0, 0.1) is 5.82 Å². The molecule has 1 aliphatic rings. The van der Waals surface area contributed by atoms with Crippen LogP contribution in [0.15, 0.2) is 42.5 Å². The number of benzene rings is 2. The zero-order chi connectivity index (χ0) is 15.5. The molecule has 114 valence electrons. The lowest BCUT2D eigenvalue weighted by molar-refractivity contribution is -0.118. The summed E-state index contributed by atoms with van der Waals surface area (Å²) in [7, 11) is 1.61. The van der Waals surface area contributed by atoms with Gasteiger partial charge in [-0.3, -0.25) is 4.79 Å². The topological polar surface area (TPSA) is 29.5 Å². The van der Waals surface area contributed by atoms with E-state index in [1.54, 1.807) is 24.1 Å². The van der Waals surface area contributed by atoms with E-state index in [9.17, 15) is 9.18 Å². The lowest BCUT2D eigenvalue weighted by Crippen LogP contribution is -2.36. The van der Waals surface area contributed by atoms with Crippen LogP contribution >= 0.6 is 0 Å². The van der Waals surface area contributed by atoms with Gasteiger partial charge in [0.1, 0.15) is 11.6 Å². The molecule has 0 fully saturated rings. The number of hydrogen-bond acceptors (Lipinski definition) is 2. The number of amides is 1. The van der Waals surface area contributed by atoms with Crippen LogP contribution in [-0.2, 0) is 17.6 Å². The molecule has 3 nitrogen and oxygen atoms in total. The number of rotatable bonds is 3. The minimum absolute atomic E-state index is 0.0314. The molecule has 0 atom stereocenters. The molecule has 0 aromatic heterocycles. The van der Waals surface area contributed by atoms with Gasteiger partial charge in [0, 0.05) is 6.54 Å². The van der Waals surface area contributed by atoms with Crippen LogP contribution in [0.5, 0.6) is 5.75 Å². The van der Waals surface area contributed by atoms with Gasteiger partial charge in [0.15, 0.2) is 0 Å². The van der Waals surface area contributed by atoms with Crippen LogP contribution in [0.3, 0.4) is 0 Å². The van der Waals surface area contributed by atoms with Gasteiger partial charge >= 0.3 is 0 Å². The number of nitrogens with zero attached hydrogens (tertiary/aromatic N) is 1. The standard InChI is InChI=1S/C18H18FNO2/c1-22-16-9-3-6-14-7-4-10-20(18(14)16)17(21)12-13-5-2-8-15(19)11-13/h2-3,5-6,8-9,11H,4,7,10,12H2,1H3. The van der Waals surface area contributed by atoms with Gasteiger partial charge in [-0.05, 0) is 42.2 Å². The molecule has 1 amide bonds. The van der Waals surface area contributed by atoms with Gasteiger partial charge in [0.25, 0.3) is 0 Å². The molecule has 0 unspecified atom stereocenters. The zero-order valence-corrected chi connectivity index (χ0v) is 12.5. The Kier molecular flexibility index (Phi) is 4.09. The van der Waals surface area contributed by atoms with Crippen molar-refractivity contribution in [2.75, 3.05) is 18.6 Å². The predicted octanol–water partition coefficient (Wildman–Crippen LogP) is 3.36. The molecular weight excluding hydrogens is 281 g/mol. The third-order valence-electron chi connectivity index (χ3n) is 3.95. The molecule has 4 heteroatoms. The van der Waals surface area contributed by atoms with Gasteiger partial charge in [-0.2, -0.15) is 0 Å². The summed E-state index contributed by atoms with van der Waals surface area (Å²) < 4.78 is 18.7. The van der Waals surface area contributed by atoms with Crippen LogP contribution in [0.4, 0.5) is 10.1 Å². The van der Waals surface area contributed by atoms with Gasteiger partial charge in [-0.25, -0.2) is 4.39 Å². The molecule has 0 aliphatic carbocycles. The molecular formula is C18H18FNO2. The van der Waals surface area contributed by atoms with Crippen molar-refractivity contribution >= 4 is 11.6 Å². The number of para-hydroxylation sites is 1. The van der Waals surface area contributed by atoms with Crippen molar-refractivity contribution in [2.45, 2.75) is 19.3 Å². The highest BCUT2D eigenvalue weighted by atomic mass is 19.1. The van der Waals surface area contributed by atoms with Gasteiger partial charge in [-0.1, -0.05) is 24.3 Å². The van der Waals surface area contributed by atoms with Crippen molar-refractivity contribution in [3.8, 4) is 5.75 Å². The monoisotopic (exact) mass is 299 g/mol. The van der Waals surface area contributed by atoms with Crippen molar-refractivity contribution in [1.29, 1.82) is 0 Å². The first-order valence-corrected chi connectivity index (χ1v) is 7.39. The van der Waals surface area contributed by atoms with E-state index in [2.05, 4.69) is 0 Å². The Bertz CT molecular complexity index is 685. The highest BCUT2D eigenvalue weighted by molar-refractivity contribution is 5.97. The van der Waals surface area contributed by atoms with Crippen LogP contribution < -0.4 is 9.64 Å². The molecule has 0 N–H and O–H groups in total. The Morgan fingerprint density at radius 3 is 2.86 bits per heavy atom. The fourth-order valence-electron chi connectivity index (χ4n) is 2.95. The molecule has 0 saturated carbocycles. The SMILES string of the molecule is COc1cccc2c1N(C(=O)Cc1cccc(F)c1)CCC2. The summed E-state index contributed by atoms with van der Waals surface area (Å²) in [4.78, 5) is 14.4. The third kappa shape index (κ3) is 2.82. The first kappa shape index (κ1) is 14.6. The first-order chi connectivity index (χ1) is 10.7. The Labute approximate surface area is 129 Å². The summed E-state index contributed by atoms with van der Waals surface area (Å²) >= 11 is 0. The second kappa shape index (κ2) is 6.18. The Hall–Kier alpha value is -2.36. The van der Waals surface area contributed by atoms with E-state index in [0.29, 0.717) is 17.9 Å². The Balaban J connectivity index is 1.89. The number of fused-ring (bicyclic) bond motifs is 1. The average molecular weight is 299 g/mol. The van der Waals surface area contributed by atoms with Gasteiger partial charge in [-0.15, -0.1) is 0 Å². The largest absolute Gasteiger partial charge is 0.495 e. The fourth-order valence-corrected chi connectivity index (χ4v) is 2.95. The van der Waals surface area contributed by atoms with Crippen molar-refractivity contribution in [2.24, 2.45) is 0 Å². The van der Waals surface area contributed by atoms with Crippen LogP contribution in [0.1, 0.15) is 17.5 Å². The highest BCUT2D eigenvalue weighted by Crippen LogP contribution is 2.36. The Morgan fingerprint density at radius 1 is 1.27 bits per heavy atom. The molecule has 0 saturated heterocycles. The minimum Gasteiger partial charge on any atom is -0.495 e. The normalized spacial score (nSPS) is 13.6. The molecule has 1 aliphatic heterocycles. The quantitative estimate of drug-likeness (QED) is 0.870. The van der Waals surface area contributed by atoms with Crippen molar-refractivity contribution in [3.63, 3.8) is 0 Å². The highest BCUT2D eigenvalue weighted by Gasteiger charge is 2.25. The van der Waals surface area contributed by atoms with Gasteiger partial charge in [0.05, 0.1) is 19.2 Å². The molecule has 2 aromatic rings. The second-order valence-corrected chi connectivity index (χ2v) is 5.42. The molecule has 0 bridgehead atoms. The minimum atomic E-state index is -0.318. The molecule has 0 radical (unpaired) electrons. The summed E-state index contributed by atoms with van der Waals surface area (Å²) in [6, 6.07) is 12.0. The summed E-state index contributed by atoms with van der Waals surface area (Å²) in [6.07, 6.45) is 2.06. The summed E-state index contributed by atoms with van der Waals surface area (Å²) in [6.45, 7) is 0.668. The van der Waals surface area contributed by atoms with Crippen molar-refractivity contribution in [3.05, 3.63) is 59.4 Å². The van der Waals surface area contributed by atoms with E-state index in [1.807, 2.05) is 18.2 Å². The van der Waals surface area contributed by atoms with E-state index in [4.69, 9.17) is 4.74 Å². The maximum absolute atomic E-state index is 13.3. The number of halogens is 1. The zero-order valence-electron chi connectivity index (χ0n) is 12.5. The lowest BCUT2D eigenvalue weighted by atomic mass is 10.00. The Morgan fingerprint density at radius 2 is 2.09 bits per heavy atom. The van der Waals surface area contributed by atoms with E-state index >= 15 is 0 Å². The number of carbonyl (C=O) groups excluding carboxylic acids is 1. The smallest absolute Gasteiger partial charge is 0.231 e. The molecule has 0 spiro atoms. The molecule has 3 rings (SSSR count). The number of ether oxygens (including phenoxy) is 1. The third-order valence-corrected chi connectivity index (χ3v) is 3.95. The fraction of sp³-hybridized carbons (Fsp3) is 0.278. The first-order valence-electron chi connectivity index (χ1n) is 7.39. The van der Waals surface area contributed by atoms with E-state index in [-0.39, 0.29) is 18.1 Å². The average Bonchev–Trinajstić information content (AvgIpc) is 2.53. The summed E-state index contributed by atoms with van der Waals surface area (Å²) in [5, 5.41) is 0. The number of carbonyl (C=O) groups is 1. The molecule has 22 heavy (non-hydrogen) atoms. The molecule has 2 aromatic carbocycles. The van der Waals surface area contributed by atoms with Crippen LogP contribution in [-0.4, -0.2) is 19.6 Å². The maximum atomic E-state index is 13.3.